The lowest BCUT2D eigenvalue weighted by Crippen LogP contribution is -2.09. The lowest BCUT2D eigenvalue weighted by Gasteiger charge is -2.05. The van der Waals surface area contributed by atoms with E-state index in [4.69, 9.17) is 5.84 Å². The van der Waals surface area contributed by atoms with Crippen LogP contribution < -0.4 is 16.6 Å². The van der Waals surface area contributed by atoms with Gasteiger partial charge in [0.1, 0.15) is 11.6 Å². The Morgan fingerprint density at radius 3 is 2.93 bits per heavy atom. The zero-order chi connectivity index (χ0) is 10.5. The van der Waals surface area contributed by atoms with Gasteiger partial charge in [-0.1, -0.05) is 6.07 Å². The number of hydrogen-bond donors (Lipinski definition) is 3. The van der Waals surface area contributed by atoms with Gasteiger partial charge < -0.3 is 10.7 Å². The lowest BCUT2D eigenvalue weighted by atomic mass is 10.4. The number of rotatable bonds is 4. The molecule has 0 aliphatic heterocycles. The SMILES string of the molecule is NNc1cccc(NCc2cncs2)n1. The molecule has 0 aliphatic carbocycles. The van der Waals surface area contributed by atoms with Crippen molar-refractivity contribution in [3.8, 4) is 0 Å². The fourth-order valence-corrected chi connectivity index (χ4v) is 1.65. The molecule has 0 atom stereocenters. The molecule has 2 rings (SSSR count). The van der Waals surface area contributed by atoms with E-state index >= 15 is 0 Å². The van der Waals surface area contributed by atoms with Crippen LogP contribution in [-0.4, -0.2) is 9.97 Å². The van der Waals surface area contributed by atoms with Gasteiger partial charge in [0.15, 0.2) is 0 Å². The third-order valence-electron chi connectivity index (χ3n) is 1.82. The van der Waals surface area contributed by atoms with Gasteiger partial charge in [0.2, 0.25) is 0 Å². The second-order valence-electron chi connectivity index (χ2n) is 2.87. The average Bonchev–Trinajstić information content (AvgIpc) is 2.79. The molecule has 78 valence electrons. The number of thiazole rings is 1. The summed E-state index contributed by atoms with van der Waals surface area (Å²) in [5.41, 5.74) is 4.31. The van der Waals surface area contributed by atoms with Crippen LogP contribution in [0.2, 0.25) is 0 Å². The number of nitrogens with zero attached hydrogens (tertiary/aromatic N) is 2. The van der Waals surface area contributed by atoms with Crippen molar-refractivity contribution in [2.45, 2.75) is 6.54 Å². The van der Waals surface area contributed by atoms with Crippen molar-refractivity contribution in [3.63, 3.8) is 0 Å². The molecule has 0 fully saturated rings. The van der Waals surface area contributed by atoms with E-state index in [1.807, 2.05) is 23.8 Å². The Hall–Kier alpha value is -1.66. The van der Waals surface area contributed by atoms with Crippen LogP contribution in [0.3, 0.4) is 0 Å². The highest BCUT2D eigenvalue weighted by atomic mass is 32.1. The maximum atomic E-state index is 5.26. The van der Waals surface area contributed by atoms with E-state index in [0.717, 1.165) is 12.4 Å². The molecule has 2 heterocycles. The Morgan fingerprint density at radius 2 is 2.20 bits per heavy atom. The van der Waals surface area contributed by atoms with Crippen LogP contribution >= 0.6 is 11.3 Å². The van der Waals surface area contributed by atoms with Crippen LogP contribution in [-0.2, 0) is 6.54 Å². The molecule has 6 heteroatoms. The second-order valence-corrected chi connectivity index (χ2v) is 3.84. The third kappa shape index (κ3) is 2.64. The molecule has 0 unspecified atom stereocenters. The van der Waals surface area contributed by atoms with Crippen LogP contribution in [0, 0.1) is 0 Å². The summed E-state index contributed by atoms with van der Waals surface area (Å²) < 4.78 is 0. The topological polar surface area (TPSA) is 75.9 Å². The average molecular weight is 221 g/mol. The maximum Gasteiger partial charge on any atom is 0.142 e. The maximum absolute atomic E-state index is 5.26. The first-order valence-electron chi connectivity index (χ1n) is 4.43. The summed E-state index contributed by atoms with van der Waals surface area (Å²) in [6.45, 7) is 0.728. The molecule has 5 nitrogen and oxygen atoms in total. The molecule has 15 heavy (non-hydrogen) atoms. The molecule has 4 N–H and O–H groups in total. The Bertz CT molecular complexity index is 414. The summed E-state index contributed by atoms with van der Waals surface area (Å²) in [6.07, 6.45) is 1.84. The van der Waals surface area contributed by atoms with E-state index in [2.05, 4.69) is 20.7 Å². The molecule has 0 saturated carbocycles. The predicted molar refractivity (Wildman–Crippen MR) is 61.5 cm³/mol. The molecular weight excluding hydrogens is 210 g/mol. The summed E-state index contributed by atoms with van der Waals surface area (Å²) >= 11 is 1.61. The van der Waals surface area contributed by atoms with E-state index in [-0.39, 0.29) is 0 Å². The van der Waals surface area contributed by atoms with Crippen LogP contribution in [0.5, 0.6) is 0 Å². The fourth-order valence-electron chi connectivity index (χ4n) is 1.12. The Labute approximate surface area is 91.3 Å². The molecule has 0 radical (unpaired) electrons. The first-order valence-corrected chi connectivity index (χ1v) is 5.31. The minimum Gasteiger partial charge on any atom is -0.365 e. The minimum atomic E-state index is 0.643. The number of aromatic nitrogens is 2. The van der Waals surface area contributed by atoms with Crippen LogP contribution in [0.25, 0.3) is 0 Å². The molecule has 0 aliphatic rings. The number of hydrazine groups is 1. The van der Waals surface area contributed by atoms with E-state index < -0.39 is 0 Å². The van der Waals surface area contributed by atoms with E-state index in [1.54, 1.807) is 17.4 Å². The number of anilines is 2. The highest BCUT2D eigenvalue weighted by molar-refractivity contribution is 7.09. The molecule has 2 aromatic heterocycles. The van der Waals surface area contributed by atoms with Gasteiger partial charge in [-0.2, -0.15) is 0 Å². The van der Waals surface area contributed by atoms with Crippen molar-refractivity contribution >= 4 is 23.0 Å². The largest absolute Gasteiger partial charge is 0.365 e. The van der Waals surface area contributed by atoms with Crippen molar-refractivity contribution in [1.29, 1.82) is 0 Å². The summed E-state index contributed by atoms with van der Waals surface area (Å²) in [5, 5.41) is 3.19. The quantitative estimate of drug-likeness (QED) is 0.538. The molecule has 0 saturated heterocycles. The van der Waals surface area contributed by atoms with Crippen molar-refractivity contribution < 1.29 is 0 Å². The number of nitrogens with one attached hydrogen (secondary N) is 2. The monoisotopic (exact) mass is 221 g/mol. The highest BCUT2D eigenvalue weighted by Gasteiger charge is 1.97. The summed E-state index contributed by atoms with van der Waals surface area (Å²) in [6, 6.07) is 5.58. The Kier molecular flexibility index (Phi) is 3.11. The highest BCUT2D eigenvalue weighted by Crippen LogP contribution is 2.11. The second kappa shape index (κ2) is 4.72. The standard InChI is InChI=1S/C9H11N5S/c10-14-9-3-1-2-8(13-9)12-5-7-4-11-6-15-7/h1-4,6H,5,10H2,(H2,12,13,14). The van der Waals surface area contributed by atoms with Crippen molar-refractivity contribution in [2.75, 3.05) is 10.7 Å². The molecule has 2 aromatic rings. The van der Waals surface area contributed by atoms with Crippen molar-refractivity contribution in [3.05, 3.63) is 34.8 Å². The van der Waals surface area contributed by atoms with E-state index in [1.165, 1.54) is 4.88 Å². The lowest BCUT2D eigenvalue weighted by molar-refractivity contribution is 1.12. The van der Waals surface area contributed by atoms with Crippen molar-refractivity contribution in [2.24, 2.45) is 5.84 Å². The fraction of sp³-hybridized carbons (Fsp3) is 0.111. The number of nitrogens with two attached hydrogens (primary N) is 1. The zero-order valence-corrected chi connectivity index (χ0v) is 8.79. The molecule has 0 aromatic carbocycles. The normalized spacial score (nSPS) is 9.93. The third-order valence-corrected chi connectivity index (χ3v) is 2.60. The minimum absolute atomic E-state index is 0.643. The van der Waals surface area contributed by atoms with Gasteiger partial charge in [0.05, 0.1) is 12.1 Å². The van der Waals surface area contributed by atoms with Gasteiger partial charge in [-0.25, -0.2) is 10.8 Å². The van der Waals surface area contributed by atoms with E-state index in [0.29, 0.717) is 5.82 Å². The number of nitrogen functional groups attached to an aromatic ring is 1. The van der Waals surface area contributed by atoms with Crippen LogP contribution in [0.15, 0.2) is 29.9 Å². The summed E-state index contributed by atoms with van der Waals surface area (Å²) in [7, 11) is 0. The first kappa shape index (κ1) is 9.88. The summed E-state index contributed by atoms with van der Waals surface area (Å²) in [5.74, 6) is 6.69. The Balaban J connectivity index is 1.98. The van der Waals surface area contributed by atoms with Crippen molar-refractivity contribution in [1.82, 2.24) is 9.97 Å². The molecule has 0 spiro atoms. The molecular formula is C9H11N5S. The van der Waals surface area contributed by atoms with Gasteiger partial charge in [0, 0.05) is 11.1 Å². The van der Waals surface area contributed by atoms with Gasteiger partial charge in [-0.15, -0.1) is 11.3 Å². The number of pyridine rings is 1. The van der Waals surface area contributed by atoms with Gasteiger partial charge in [-0.3, -0.25) is 4.98 Å². The smallest absolute Gasteiger partial charge is 0.142 e. The van der Waals surface area contributed by atoms with Gasteiger partial charge in [0.25, 0.3) is 0 Å². The zero-order valence-electron chi connectivity index (χ0n) is 7.97. The Morgan fingerprint density at radius 1 is 1.33 bits per heavy atom. The van der Waals surface area contributed by atoms with Gasteiger partial charge in [-0.05, 0) is 12.1 Å². The first-order chi connectivity index (χ1) is 7.38. The van der Waals surface area contributed by atoms with E-state index in [9.17, 15) is 0 Å². The summed E-state index contributed by atoms with van der Waals surface area (Å²) in [4.78, 5) is 9.39. The molecule has 0 amide bonds. The van der Waals surface area contributed by atoms with Crippen LogP contribution in [0.1, 0.15) is 4.88 Å². The van der Waals surface area contributed by atoms with Crippen LogP contribution in [0.4, 0.5) is 11.6 Å². The van der Waals surface area contributed by atoms with Gasteiger partial charge >= 0.3 is 0 Å². The molecule has 0 bridgehead atoms. The predicted octanol–water partition coefficient (Wildman–Crippen LogP) is 1.44. The number of hydrogen-bond acceptors (Lipinski definition) is 6.